The maximum atomic E-state index is 9.10. The average molecular weight is 398 g/mol. The van der Waals surface area contributed by atoms with Gasteiger partial charge in [-0.15, -0.1) is 0 Å². The molecule has 0 radical (unpaired) electrons. The van der Waals surface area contributed by atoms with E-state index in [-0.39, 0.29) is 0 Å². The van der Waals surface area contributed by atoms with Crippen molar-refractivity contribution in [1.82, 2.24) is 9.55 Å². The third-order valence-electron chi connectivity index (χ3n) is 4.39. The highest BCUT2D eigenvalue weighted by atomic mass is 16.5. The third kappa shape index (κ3) is 6.34. The number of carbonyl (C=O) groups is 2. The number of benzene rings is 2. The number of carboxylic acids is 2. The minimum Gasteiger partial charge on any atom is -0.493 e. The van der Waals surface area contributed by atoms with Gasteiger partial charge in [-0.2, -0.15) is 0 Å². The van der Waals surface area contributed by atoms with Crippen LogP contribution in [0.2, 0.25) is 0 Å². The number of carboxylic acid groups (broad SMARTS) is 2. The minimum atomic E-state index is -1.82. The third-order valence-corrected chi connectivity index (χ3v) is 4.39. The molecule has 3 rings (SSSR count). The molecule has 0 aliphatic rings. The molecule has 0 aliphatic carbocycles. The summed E-state index contributed by atoms with van der Waals surface area (Å²) in [5.74, 6) is -2.12. The highest BCUT2D eigenvalue weighted by Gasteiger charge is 2.06. The maximum Gasteiger partial charge on any atom is 0.414 e. The molecule has 1 heterocycles. The van der Waals surface area contributed by atoms with Crippen LogP contribution in [0.4, 0.5) is 0 Å². The van der Waals surface area contributed by atoms with Crippen molar-refractivity contribution in [2.24, 2.45) is 0 Å². The molecule has 0 saturated carbocycles. The second-order valence-electron chi connectivity index (χ2n) is 6.92. The molecule has 3 aromatic rings. The molecule has 1 aromatic heterocycles. The molecule has 0 spiro atoms. The van der Waals surface area contributed by atoms with Crippen LogP contribution in [0, 0.1) is 6.92 Å². The lowest BCUT2D eigenvalue weighted by Gasteiger charge is -2.13. The van der Waals surface area contributed by atoms with E-state index in [1.54, 1.807) is 0 Å². The Morgan fingerprint density at radius 3 is 2.45 bits per heavy atom. The highest BCUT2D eigenvalue weighted by Crippen LogP contribution is 2.24. The van der Waals surface area contributed by atoms with Crippen LogP contribution in [0.25, 0.3) is 11.0 Å². The molecule has 0 fully saturated rings. The number of nitrogens with zero attached hydrogens (tertiary/aromatic N) is 2. The number of para-hydroxylation sites is 2. The Morgan fingerprint density at radius 2 is 1.79 bits per heavy atom. The Hall–Kier alpha value is -3.35. The van der Waals surface area contributed by atoms with Crippen LogP contribution in [0.15, 0.2) is 48.8 Å². The molecule has 0 aliphatic heterocycles. The van der Waals surface area contributed by atoms with Crippen LogP contribution < -0.4 is 4.74 Å². The first-order chi connectivity index (χ1) is 13.8. The van der Waals surface area contributed by atoms with Crippen LogP contribution in [0.3, 0.4) is 0 Å². The van der Waals surface area contributed by atoms with Crippen molar-refractivity contribution in [3.05, 3.63) is 59.9 Å². The van der Waals surface area contributed by atoms with E-state index in [0.29, 0.717) is 5.92 Å². The molecule has 0 amide bonds. The number of aliphatic carboxylic acids is 2. The average Bonchev–Trinajstić information content (AvgIpc) is 3.10. The van der Waals surface area contributed by atoms with Gasteiger partial charge in [-0.1, -0.05) is 38.1 Å². The van der Waals surface area contributed by atoms with Gasteiger partial charge in [0, 0.05) is 6.54 Å². The summed E-state index contributed by atoms with van der Waals surface area (Å²) in [4.78, 5) is 22.6. The molecule has 0 saturated heterocycles. The van der Waals surface area contributed by atoms with Gasteiger partial charge in [-0.3, -0.25) is 0 Å². The fourth-order valence-electron chi connectivity index (χ4n) is 2.74. The summed E-state index contributed by atoms with van der Waals surface area (Å²) in [7, 11) is 0. The minimum absolute atomic E-state index is 0.523. The first kappa shape index (κ1) is 21.9. The lowest BCUT2D eigenvalue weighted by Crippen LogP contribution is -2.09. The van der Waals surface area contributed by atoms with Crippen molar-refractivity contribution < 1.29 is 24.5 Å². The van der Waals surface area contributed by atoms with Gasteiger partial charge in [-0.25, -0.2) is 14.6 Å². The normalized spacial score (nSPS) is 10.5. The Balaban J connectivity index is 0.000000438. The number of imidazole rings is 1. The van der Waals surface area contributed by atoms with Crippen LogP contribution in [0.1, 0.15) is 37.3 Å². The van der Waals surface area contributed by atoms with E-state index < -0.39 is 11.9 Å². The van der Waals surface area contributed by atoms with Crippen LogP contribution in [0.5, 0.6) is 5.75 Å². The topological polar surface area (TPSA) is 102 Å². The molecule has 0 bridgehead atoms. The summed E-state index contributed by atoms with van der Waals surface area (Å²) in [6, 6.07) is 14.7. The summed E-state index contributed by atoms with van der Waals surface area (Å²) < 4.78 is 8.19. The molecule has 7 nitrogen and oxygen atoms in total. The van der Waals surface area contributed by atoms with Crippen molar-refractivity contribution in [3.63, 3.8) is 0 Å². The number of fused-ring (bicyclic) bond motifs is 1. The monoisotopic (exact) mass is 398 g/mol. The van der Waals surface area contributed by atoms with Crippen LogP contribution in [-0.2, 0) is 16.1 Å². The van der Waals surface area contributed by atoms with E-state index in [9.17, 15) is 0 Å². The van der Waals surface area contributed by atoms with Gasteiger partial charge in [0.15, 0.2) is 0 Å². The van der Waals surface area contributed by atoms with E-state index >= 15 is 0 Å². The first-order valence-electron chi connectivity index (χ1n) is 9.39. The molecule has 0 unspecified atom stereocenters. The van der Waals surface area contributed by atoms with Crippen molar-refractivity contribution in [3.8, 4) is 5.75 Å². The fourth-order valence-corrected chi connectivity index (χ4v) is 2.74. The van der Waals surface area contributed by atoms with Gasteiger partial charge in [0.05, 0.1) is 24.0 Å². The summed E-state index contributed by atoms with van der Waals surface area (Å²) in [5.41, 5.74) is 4.76. The second kappa shape index (κ2) is 10.3. The Labute approximate surface area is 169 Å². The van der Waals surface area contributed by atoms with Gasteiger partial charge in [0.1, 0.15) is 5.75 Å². The van der Waals surface area contributed by atoms with E-state index in [1.165, 1.54) is 16.6 Å². The second-order valence-corrected chi connectivity index (χ2v) is 6.92. The molecule has 0 atom stereocenters. The molecular weight excluding hydrogens is 372 g/mol. The molecule has 2 aromatic carbocycles. The molecular formula is C22H26N2O5. The van der Waals surface area contributed by atoms with Crippen molar-refractivity contribution in [2.45, 2.75) is 39.7 Å². The summed E-state index contributed by atoms with van der Waals surface area (Å²) in [6.45, 7) is 8.15. The quantitative estimate of drug-likeness (QED) is 0.479. The SMILES string of the molecule is Cc1ccc(C(C)C)cc1OCCCn1cnc2ccccc21.O=C(O)C(=O)O. The van der Waals surface area contributed by atoms with Crippen molar-refractivity contribution in [2.75, 3.05) is 6.61 Å². The predicted octanol–water partition coefficient (Wildman–Crippen LogP) is 4.09. The molecule has 154 valence electrons. The maximum absolute atomic E-state index is 9.10. The van der Waals surface area contributed by atoms with Gasteiger partial charge in [0.25, 0.3) is 0 Å². The largest absolute Gasteiger partial charge is 0.493 e. The number of hydrogen-bond acceptors (Lipinski definition) is 4. The predicted molar refractivity (Wildman–Crippen MR) is 110 cm³/mol. The van der Waals surface area contributed by atoms with Crippen molar-refractivity contribution in [1.29, 1.82) is 0 Å². The number of aryl methyl sites for hydroxylation is 2. The summed E-state index contributed by atoms with van der Waals surface area (Å²) in [6.07, 6.45) is 2.88. The van der Waals surface area contributed by atoms with Crippen LogP contribution >= 0.6 is 0 Å². The number of hydrogen-bond donors (Lipinski definition) is 2. The van der Waals surface area contributed by atoms with Gasteiger partial charge in [0.2, 0.25) is 0 Å². The summed E-state index contributed by atoms with van der Waals surface area (Å²) >= 11 is 0. The first-order valence-corrected chi connectivity index (χ1v) is 9.39. The lowest BCUT2D eigenvalue weighted by atomic mass is 10.0. The van der Waals surface area contributed by atoms with Gasteiger partial charge >= 0.3 is 11.9 Å². The Morgan fingerprint density at radius 1 is 1.10 bits per heavy atom. The van der Waals surface area contributed by atoms with E-state index in [4.69, 9.17) is 24.5 Å². The number of aromatic nitrogens is 2. The van der Waals surface area contributed by atoms with Gasteiger partial charge < -0.3 is 19.5 Å². The standard InChI is InChI=1S/C20H24N2O.C2H2O4/c1-15(2)17-10-9-16(3)20(13-17)23-12-6-11-22-14-21-18-7-4-5-8-19(18)22;3-1(4)2(5)6/h4-5,7-10,13-15H,6,11-12H2,1-3H3;(H,3,4)(H,5,6). The summed E-state index contributed by atoms with van der Waals surface area (Å²) in [5, 5.41) is 14.8. The Kier molecular flexibility index (Phi) is 7.77. The zero-order chi connectivity index (χ0) is 21.4. The van der Waals surface area contributed by atoms with E-state index in [1.807, 2.05) is 18.5 Å². The van der Waals surface area contributed by atoms with E-state index in [0.717, 1.165) is 30.8 Å². The van der Waals surface area contributed by atoms with Crippen LogP contribution in [-0.4, -0.2) is 38.3 Å². The highest BCUT2D eigenvalue weighted by molar-refractivity contribution is 6.27. The van der Waals surface area contributed by atoms with Gasteiger partial charge in [-0.05, 0) is 48.6 Å². The lowest BCUT2D eigenvalue weighted by molar-refractivity contribution is -0.159. The Bertz CT molecular complexity index is 966. The smallest absolute Gasteiger partial charge is 0.414 e. The zero-order valence-electron chi connectivity index (χ0n) is 16.8. The number of ether oxygens (including phenoxy) is 1. The molecule has 29 heavy (non-hydrogen) atoms. The molecule has 2 N–H and O–H groups in total. The molecule has 7 heteroatoms. The van der Waals surface area contributed by atoms with E-state index in [2.05, 4.69) is 60.7 Å². The van der Waals surface area contributed by atoms with Crippen molar-refractivity contribution >= 4 is 23.0 Å². The number of rotatable bonds is 6. The fraction of sp³-hybridized carbons (Fsp3) is 0.318. The zero-order valence-corrected chi connectivity index (χ0v) is 16.8.